The molecule has 0 spiro atoms. The second kappa shape index (κ2) is 7.41. The fourth-order valence-corrected chi connectivity index (χ4v) is 3.76. The lowest BCUT2D eigenvalue weighted by Gasteiger charge is -2.06. The van der Waals surface area contributed by atoms with Crippen LogP contribution in [0.4, 0.5) is 5.69 Å². The maximum Gasteiger partial charge on any atom is 0.269 e. The normalized spacial score (nSPS) is 10.7. The van der Waals surface area contributed by atoms with Crippen LogP contribution in [0.1, 0.15) is 5.56 Å². The van der Waals surface area contributed by atoms with Crippen LogP contribution in [0.2, 0.25) is 0 Å². The maximum absolute atomic E-state index is 10.7. The van der Waals surface area contributed by atoms with Gasteiger partial charge in [0.1, 0.15) is 0 Å². The van der Waals surface area contributed by atoms with Crippen molar-refractivity contribution in [1.29, 1.82) is 0 Å². The van der Waals surface area contributed by atoms with Crippen LogP contribution in [0.25, 0.3) is 10.7 Å². The average Bonchev–Trinajstić information content (AvgIpc) is 3.23. The summed E-state index contributed by atoms with van der Waals surface area (Å²) in [6.45, 7) is 4.43. The van der Waals surface area contributed by atoms with E-state index in [1.165, 1.54) is 12.1 Å². The Morgan fingerprint density at radius 1 is 1.29 bits per heavy atom. The van der Waals surface area contributed by atoms with Gasteiger partial charge in [-0.25, -0.2) is 0 Å². The molecule has 0 fully saturated rings. The minimum atomic E-state index is -0.398. The van der Waals surface area contributed by atoms with Crippen molar-refractivity contribution in [1.82, 2.24) is 14.8 Å². The molecule has 0 radical (unpaired) electrons. The summed E-state index contributed by atoms with van der Waals surface area (Å²) >= 11 is 3.17. The summed E-state index contributed by atoms with van der Waals surface area (Å²) in [7, 11) is 0. The fraction of sp³-hybridized carbons (Fsp3) is 0.125. The lowest BCUT2D eigenvalue weighted by molar-refractivity contribution is -0.384. The van der Waals surface area contributed by atoms with Crippen LogP contribution < -0.4 is 0 Å². The molecule has 0 aliphatic rings. The molecule has 24 heavy (non-hydrogen) atoms. The Morgan fingerprint density at radius 3 is 2.71 bits per heavy atom. The topological polar surface area (TPSA) is 73.8 Å². The summed E-state index contributed by atoms with van der Waals surface area (Å²) in [6.07, 6.45) is 1.82. The van der Waals surface area contributed by atoms with Crippen molar-refractivity contribution >= 4 is 28.8 Å². The second-order valence-electron chi connectivity index (χ2n) is 4.89. The van der Waals surface area contributed by atoms with E-state index in [-0.39, 0.29) is 5.69 Å². The van der Waals surface area contributed by atoms with E-state index in [1.54, 1.807) is 35.2 Å². The minimum absolute atomic E-state index is 0.0959. The van der Waals surface area contributed by atoms with E-state index < -0.39 is 4.92 Å². The van der Waals surface area contributed by atoms with E-state index in [1.807, 2.05) is 28.2 Å². The standard InChI is InChI=1S/C16H14N4O2S2/c1-2-9-19-15(14-4-3-10-23-14)17-18-16(19)24-11-12-5-7-13(8-6-12)20(21)22/h2-8,10H,1,9,11H2. The predicted octanol–water partition coefficient (Wildman–Crippen LogP) is 4.39. The van der Waals surface area contributed by atoms with E-state index in [2.05, 4.69) is 16.8 Å². The van der Waals surface area contributed by atoms with Crippen molar-refractivity contribution in [3.05, 3.63) is 70.1 Å². The Kier molecular flexibility index (Phi) is 5.07. The van der Waals surface area contributed by atoms with E-state index in [0.717, 1.165) is 21.4 Å². The Hall–Kier alpha value is -2.45. The molecule has 6 nitrogen and oxygen atoms in total. The van der Waals surface area contributed by atoms with Crippen LogP contribution in [0, 0.1) is 10.1 Å². The van der Waals surface area contributed by atoms with Crippen molar-refractivity contribution in [2.75, 3.05) is 0 Å². The molecule has 0 saturated heterocycles. The van der Waals surface area contributed by atoms with Crippen molar-refractivity contribution < 1.29 is 4.92 Å². The Morgan fingerprint density at radius 2 is 2.08 bits per heavy atom. The monoisotopic (exact) mass is 358 g/mol. The molecule has 3 rings (SSSR count). The first-order chi connectivity index (χ1) is 11.7. The summed E-state index contributed by atoms with van der Waals surface area (Å²) in [6, 6.07) is 10.6. The lowest BCUT2D eigenvalue weighted by atomic mass is 10.2. The molecular weight excluding hydrogens is 344 g/mol. The third-order valence-electron chi connectivity index (χ3n) is 3.29. The molecule has 0 saturated carbocycles. The summed E-state index contributed by atoms with van der Waals surface area (Å²) in [5, 5.41) is 22.1. The SMILES string of the molecule is C=CCn1c(SCc2ccc([N+](=O)[O-])cc2)nnc1-c1cccs1. The van der Waals surface area contributed by atoms with Gasteiger partial charge >= 0.3 is 0 Å². The first-order valence-electron chi connectivity index (χ1n) is 7.13. The van der Waals surface area contributed by atoms with E-state index in [4.69, 9.17) is 0 Å². The number of rotatable bonds is 7. The number of hydrogen-bond acceptors (Lipinski definition) is 6. The predicted molar refractivity (Wildman–Crippen MR) is 96.2 cm³/mol. The molecule has 1 aromatic carbocycles. The lowest BCUT2D eigenvalue weighted by Crippen LogP contribution is -2.00. The van der Waals surface area contributed by atoms with Crippen LogP contribution in [-0.4, -0.2) is 19.7 Å². The number of nitro groups is 1. The highest BCUT2D eigenvalue weighted by molar-refractivity contribution is 7.98. The zero-order chi connectivity index (χ0) is 16.9. The second-order valence-corrected chi connectivity index (χ2v) is 6.79. The van der Waals surface area contributed by atoms with Crippen LogP contribution >= 0.6 is 23.1 Å². The van der Waals surface area contributed by atoms with Gasteiger partial charge in [0.25, 0.3) is 5.69 Å². The van der Waals surface area contributed by atoms with Gasteiger partial charge < -0.3 is 0 Å². The van der Waals surface area contributed by atoms with Crippen molar-refractivity contribution in [2.24, 2.45) is 0 Å². The molecule has 0 N–H and O–H groups in total. The maximum atomic E-state index is 10.7. The first kappa shape index (κ1) is 16.4. The van der Waals surface area contributed by atoms with Gasteiger partial charge in [0.2, 0.25) is 0 Å². The van der Waals surface area contributed by atoms with Gasteiger partial charge in [-0.2, -0.15) is 0 Å². The number of thioether (sulfide) groups is 1. The van der Waals surface area contributed by atoms with Gasteiger partial charge in [-0.3, -0.25) is 14.7 Å². The number of non-ortho nitro benzene ring substituents is 1. The van der Waals surface area contributed by atoms with Crippen LogP contribution in [-0.2, 0) is 12.3 Å². The smallest absolute Gasteiger partial charge is 0.269 e. The molecule has 3 aromatic rings. The van der Waals surface area contributed by atoms with Crippen LogP contribution in [0.3, 0.4) is 0 Å². The number of nitro benzene ring substituents is 1. The average molecular weight is 358 g/mol. The molecule has 0 bridgehead atoms. The molecule has 2 heterocycles. The number of benzene rings is 1. The molecule has 0 unspecified atom stereocenters. The first-order valence-corrected chi connectivity index (χ1v) is 8.99. The highest BCUT2D eigenvalue weighted by Gasteiger charge is 2.14. The number of allylic oxidation sites excluding steroid dienone is 1. The van der Waals surface area contributed by atoms with E-state index in [0.29, 0.717) is 12.3 Å². The number of hydrogen-bond donors (Lipinski definition) is 0. The molecule has 0 aliphatic carbocycles. The number of nitrogens with zero attached hydrogens (tertiary/aromatic N) is 4. The molecule has 2 aromatic heterocycles. The molecule has 0 aliphatic heterocycles. The highest BCUT2D eigenvalue weighted by Crippen LogP contribution is 2.29. The molecular formula is C16H14N4O2S2. The largest absolute Gasteiger partial charge is 0.297 e. The number of aromatic nitrogens is 3. The van der Waals surface area contributed by atoms with Gasteiger partial charge in [0.15, 0.2) is 11.0 Å². The third-order valence-corrected chi connectivity index (χ3v) is 5.19. The highest BCUT2D eigenvalue weighted by atomic mass is 32.2. The Labute approximate surface area is 147 Å². The quantitative estimate of drug-likeness (QED) is 0.271. The molecule has 0 amide bonds. The van der Waals surface area contributed by atoms with Gasteiger partial charge in [-0.05, 0) is 17.0 Å². The van der Waals surface area contributed by atoms with E-state index >= 15 is 0 Å². The summed E-state index contributed by atoms with van der Waals surface area (Å²) < 4.78 is 2.02. The Bertz CT molecular complexity index is 842. The Balaban J connectivity index is 1.77. The zero-order valence-electron chi connectivity index (χ0n) is 12.7. The number of thiophene rings is 1. The summed E-state index contributed by atoms with van der Waals surface area (Å²) in [5.41, 5.74) is 1.09. The third kappa shape index (κ3) is 3.55. The molecule has 0 atom stereocenters. The molecule has 122 valence electrons. The van der Waals surface area contributed by atoms with Crippen molar-refractivity contribution in [2.45, 2.75) is 17.5 Å². The van der Waals surface area contributed by atoms with Gasteiger partial charge in [-0.1, -0.05) is 36.0 Å². The summed E-state index contributed by atoms with van der Waals surface area (Å²) in [5.74, 6) is 1.49. The minimum Gasteiger partial charge on any atom is -0.297 e. The van der Waals surface area contributed by atoms with E-state index in [9.17, 15) is 10.1 Å². The van der Waals surface area contributed by atoms with Crippen LogP contribution in [0.15, 0.2) is 59.6 Å². The van der Waals surface area contributed by atoms with Gasteiger partial charge in [-0.15, -0.1) is 28.1 Å². The van der Waals surface area contributed by atoms with Crippen molar-refractivity contribution in [3.8, 4) is 10.7 Å². The van der Waals surface area contributed by atoms with Crippen LogP contribution in [0.5, 0.6) is 0 Å². The van der Waals surface area contributed by atoms with Gasteiger partial charge in [0, 0.05) is 24.4 Å². The summed E-state index contributed by atoms with van der Waals surface area (Å²) in [4.78, 5) is 11.4. The molecule has 8 heteroatoms. The van der Waals surface area contributed by atoms with Crippen molar-refractivity contribution in [3.63, 3.8) is 0 Å². The fourth-order valence-electron chi connectivity index (χ4n) is 2.14. The van der Waals surface area contributed by atoms with Gasteiger partial charge in [0.05, 0.1) is 9.80 Å². The zero-order valence-corrected chi connectivity index (χ0v) is 14.3.